The van der Waals surface area contributed by atoms with Crippen LogP contribution in [-0.4, -0.2) is 0 Å². The van der Waals surface area contributed by atoms with Gasteiger partial charge in [0, 0.05) is 16.2 Å². The lowest BCUT2D eigenvalue weighted by Gasteiger charge is -2.55. The average molecular weight is 770 g/mol. The summed E-state index contributed by atoms with van der Waals surface area (Å²) in [5.41, 5.74) is 22.0. The first kappa shape index (κ1) is 35.3. The minimum absolute atomic E-state index is 0.169. The molecular formula is C59H47N. The summed E-state index contributed by atoms with van der Waals surface area (Å²) in [5.74, 6) is 0. The molecule has 0 radical (unpaired) electrons. The van der Waals surface area contributed by atoms with Crippen LogP contribution in [0.4, 0.5) is 17.1 Å². The Morgan fingerprint density at radius 1 is 0.267 bits per heavy atom. The molecule has 0 fully saturated rings. The fraction of sp³-hybridized carbons (Fsp3) is 0.153. The van der Waals surface area contributed by atoms with E-state index < -0.39 is 0 Å². The van der Waals surface area contributed by atoms with Crippen molar-refractivity contribution in [2.24, 2.45) is 0 Å². The zero-order chi connectivity index (χ0) is 40.7. The molecule has 3 heterocycles. The molecule has 12 rings (SSSR count). The predicted octanol–water partition coefficient (Wildman–Crippen LogP) is 16.0. The van der Waals surface area contributed by atoms with E-state index in [1.54, 1.807) is 0 Å². The summed E-state index contributed by atoms with van der Waals surface area (Å²) >= 11 is 0. The Morgan fingerprint density at radius 2 is 0.567 bits per heavy atom. The Hall–Kier alpha value is -6.70. The molecular weight excluding hydrogens is 723 g/mol. The second kappa shape index (κ2) is 12.2. The minimum atomic E-state index is -0.250. The zero-order valence-electron chi connectivity index (χ0n) is 35.2. The van der Waals surface area contributed by atoms with Gasteiger partial charge < -0.3 is 4.90 Å². The van der Waals surface area contributed by atoms with Crippen LogP contribution in [0.1, 0.15) is 74.9 Å². The second-order valence-corrected chi connectivity index (χ2v) is 18.9. The highest BCUT2D eigenvalue weighted by Crippen LogP contribution is 2.67. The van der Waals surface area contributed by atoms with Crippen molar-refractivity contribution in [3.63, 3.8) is 0 Å². The molecule has 0 spiro atoms. The van der Waals surface area contributed by atoms with Crippen molar-refractivity contribution >= 4 is 38.6 Å². The quantitative estimate of drug-likeness (QED) is 0.161. The summed E-state index contributed by atoms with van der Waals surface area (Å²) < 4.78 is 0. The summed E-state index contributed by atoms with van der Waals surface area (Å²) in [7, 11) is 0. The van der Waals surface area contributed by atoms with Crippen LogP contribution in [0.3, 0.4) is 0 Å². The maximum atomic E-state index is 2.68. The van der Waals surface area contributed by atoms with Gasteiger partial charge in [-0.25, -0.2) is 0 Å². The van der Waals surface area contributed by atoms with Crippen LogP contribution in [0, 0.1) is 0 Å². The zero-order valence-corrected chi connectivity index (χ0v) is 35.2. The number of hydrogen-bond donors (Lipinski definition) is 0. The topological polar surface area (TPSA) is 3.24 Å². The number of rotatable bonds is 4. The van der Waals surface area contributed by atoms with E-state index in [1.807, 2.05) is 0 Å². The first-order chi connectivity index (χ1) is 29.0. The van der Waals surface area contributed by atoms with Crippen LogP contribution in [0.5, 0.6) is 0 Å². The summed E-state index contributed by atoms with van der Waals surface area (Å²) in [5, 5.41) is 5.12. The maximum absolute atomic E-state index is 2.68. The predicted molar refractivity (Wildman–Crippen MR) is 254 cm³/mol. The lowest BCUT2D eigenvalue weighted by molar-refractivity contribution is 0.567. The normalized spacial score (nSPS) is 15.9. The van der Waals surface area contributed by atoms with Gasteiger partial charge in [-0.3, -0.25) is 0 Å². The van der Waals surface area contributed by atoms with Gasteiger partial charge >= 0.3 is 0 Å². The fourth-order valence-corrected chi connectivity index (χ4v) is 11.4. The van der Waals surface area contributed by atoms with Crippen molar-refractivity contribution < 1.29 is 0 Å². The third-order valence-corrected chi connectivity index (χ3v) is 14.6. The van der Waals surface area contributed by atoms with E-state index in [0.717, 1.165) is 0 Å². The van der Waals surface area contributed by atoms with E-state index in [0.29, 0.717) is 0 Å². The molecule has 1 nitrogen and oxygen atoms in total. The van der Waals surface area contributed by atoms with Gasteiger partial charge in [-0.15, -0.1) is 0 Å². The Bertz CT molecular complexity index is 3200. The molecule has 3 aliphatic heterocycles. The molecule has 0 aliphatic carbocycles. The Balaban J connectivity index is 1.07. The number of anilines is 3. The first-order valence-electron chi connectivity index (χ1n) is 21.5. The van der Waals surface area contributed by atoms with Crippen LogP contribution in [0.15, 0.2) is 176 Å². The van der Waals surface area contributed by atoms with Crippen molar-refractivity contribution in [1.29, 1.82) is 0 Å². The lowest BCUT2D eigenvalue weighted by Crippen LogP contribution is -2.43. The van der Waals surface area contributed by atoms with E-state index in [-0.39, 0.29) is 16.2 Å². The molecule has 0 saturated carbocycles. The van der Waals surface area contributed by atoms with E-state index >= 15 is 0 Å². The highest BCUT2D eigenvalue weighted by atomic mass is 15.2. The number of para-hydroxylation sites is 1. The van der Waals surface area contributed by atoms with Crippen LogP contribution >= 0.6 is 0 Å². The van der Waals surface area contributed by atoms with Gasteiger partial charge in [-0.2, -0.15) is 0 Å². The van der Waals surface area contributed by atoms with Gasteiger partial charge in [0.1, 0.15) is 0 Å². The number of fused-ring (bicyclic) bond motifs is 2. The molecule has 0 amide bonds. The number of hydrogen-bond acceptors (Lipinski definition) is 1. The third kappa shape index (κ3) is 4.64. The molecule has 0 N–H and O–H groups in total. The summed E-state index contributed by atoms with van der Waals surface area (Å²) in [6.07, 6.45) is 0. The molecule has 0 saturated heterocycles. The van der Waals surface area contributed by atoms with Crippen molar-refractivity contribution in [2.45, 2.75) is 57.8 Å². The van der Waals surface area contributed by atoms with Crippen molar-refractivity contribution in [1.82, 2.24) is 0 Å². The molecule has 1 heteroatoms. The molecule has 60 heavy (non-hydrogen) atoms. The Labute approximate surface area is 353 Å². The molecule has 0 atom stereocenters. The van der Waals surface area contributed by atoms with Crippen molar-refractivity contribution in [3.05, 3.63) is 209 Å². The monoisotopic (exact) mass is 769 g/mol. The van der Waals surface area contributed by atoms with E-state index in [9.17, 15) is 0 Å². The highest BCUT2D eigenvalue weighted by Gasteiger charge is 2.52. The summed E-state index contributed by atoms with van der Waals surface area (Å²) in [4.78, 5) is 2.68. The van der Waals surface area contributed by atoms with Gasteiger partial charge in [0.05, 0.1) is 17.1 Å². The number of nitrogens with zero attached hydrogens (tertiary/aromatic N) is 1. The van der Waals surface area contributed by atoms with Crippen LogP contribution in [0.2, 0.25) is 0 Å². The molecule has 3 aliphatic rings. The smallest absolute Gasteiger partial charge is 0.0544 e. The molecule has 0 aromatic heterocycles. The maximum Gasteiger partial charge on any atom is 0.0544 e. The molecule has 0 unspecified atom stereocenters. The summed E-state index contributed by atoms with van der Waals surface area (Å²) in [6, 6.07) is 66.2. The lowest BCUT2D eigenvalue weighted by atomic mass is 9.60. The number of benzene rings is 9. The SMILES string of the molecule is CC1(C)c2cccc3c2N2c4c1cc(-c1ccccc1)cc4C(C)(C)c1cc(-c4ccc(-c5c6ccccc6c(-c6ccccc6)c6ccccc56)cc4)cc(c12)C3(C)C. The molecule has 9 aromatic rings. The highest BCUT2D eigenvalue weighted by molar-refractivity contribution is 6.21. The molecule has 288 valence electrons. The summed E-state index contributed by atoms with van der Waals surface area (Å²) in [6.45, 7) is 14.7. The second-order valence-electron chi connectivity index (χ2n) is 18.9. The third-order valence-electron chi connectivity index (χ3n) is 14.6. The van der Waals surface area contributed by atoms with Gasteiger partial charge in [0.2, 0.25) is 0 Å². The van der Waals surface area contributed by atoms with Crippen molar-refractivity contribution in [2.75, 3.05) is 4.90 Å². The van der Waals surface area contributed by atoms with Crippen LogP contribution in [0.25, 0.3) is 66.1 Å². The first-order valence-corrected chi connectivity index (χ1v) is 21.5. The standard InChI is InChI=1S/C59H47N/c1-57(2)46-26-17-27-47-54(46)60-55-48(57)32-40(36-18-9-7-10-19-36)33-50(55)59(5,6)51-35-41(34-49(56(51)60)58(47,3)4)37-28-30-39(31-29-37)53-44-24-15-13-22-42(44)52(38-20-11-8-12-21-38)43-23-14-16-25-45(43)53/h7-35H,1-6H3. The molecule has 0 bridgehead atoms. The Morgan fingerprint density at radius 3 is 0.983 bits per heavy atom. The van der Waals surface area contributed by atoms with Gasteiger partial charge in [0.25, 0.3) is 0 Å². The molecule has 9 aromatic carbocycles. The fourth-order valence-electron chi connectivity index (χ4n) is 11.4. The van der Waals surface area contributed by atoms with Gasteiger partial charge in [0.15, 0.2) is 0 Å². The Kier molecular flexibility index (Phi) is 7.16. The van der Waals surface area contributed by atoms with E-state index in [1.165, 1.54) is 116 Å². The van der Waals surface area contributed by atoms with E-state index in [4.69, 9.17) is 0 Å². The minimum Gasteiger partial charge on any atom is -0.309 e. The van der Waals surface area contributed by atoms with Crippen LogP contribution < -0.4 is 4.90 Å². The largest absolute Gasteiger partial charge is 0.309 e. The van der Waals surface area contributed by atoms with Gasteiger partial charge in [-0.05, 0) is 124 Å². The van der Waals surface area contributed by atoms with Crippen LogP contribution in [-0.2, 0) is 16.2 Å². The van der Waals surface area contributed by atoms with Gasteiger partial charge in [-0.1, -0.05) is 193 Å². The average Bonchev–Trinajstić information content (AvgIpc) is 3.27. The van der Waals surface area contributed by atoms with E-state index in [2.05, 4.69) is 222 Å². The van der Waals surface area contributed by atoms with Crippen molar-refractivity contribution in [3.8, 4) is 44.5 Å².